The fraction of sp³-hybridized carbons (Fsp3) is 0.714. The Morgan fingerprint density at radius 2 is 1.86 bits per heavy atom. The number of carbonyl (C=O) groups is 1. The minimum Gasteiger partial charge on any atom is -0.356 e. The zero-order valence-corrected chi connectivity index (χ0v) is 18.4. The summed E-state index contributed by atoms with van der Waals surface area (Å²) >= 11 is 0. The number of fused-ring (bicyclic) bond motifs is 1. The van der Waals surface area contributed by atoms with Crippen LogP contribution in [0.2, 0.25) is 0 Å². The number of hydrogen-bond acceptors (Lipinski definition) is 4. The first kappa shape index (κ1) is 22.9. The molecule has 0 aromatic carbocycles. The highest BCUT2D eigenvalue weighted by Crippen LogP contribution is 2.16. The van der Waals surface area contributed by atoms with Crippen LogP contribution in [0.3, 0.4) is 0 Å². The van der Waals surface area contributed by atoms with E-state index in [2.05, 4.69) is 49.9 Å². The van der Waals surface area contributed by atoms with Crippen LogP contribution in [-0.2, 0) is 24.3 Å². The number of nitrogens with one attached hydrogen (secondary N) is 2. The molecule has 2 rings (SSSR count). The Balaban J connectivity index is 2.35. The normalized spacial score (nSPS) is 11.7. The van der Waals surface area contributed by atoms with Crippen molar-refractivity contribution in [1.29, 1.82) is 0 Å². The molecule has 0 aliphatic carbocycles. The Morgan fingerprint density at radius 3 is 2.48 bits per heavy atom. The van der Waals surface area contributed by atoms with Crippen molar-refractivity contribution in [2.24, 2.45) is 11.8 Å². The Hall–Kier alpha value is -2.38. The number of unbranched alkanes of at least 4 members (excludes halogenated alkanes) is 1. The monoisotopic (exact) mass is 405 g/mol. The Morgan fingerprint density at radius 1 is 1.14 bits per heavy atom. The van der Waals surface area contributed by atoms with Gasteiger partial charge in [0.25, 0.3) is 5.56 Å². The van der Waals surface area contributed by atoms with E-state index in [1.54, 1.807) is 4.57 Å². The quantitative estimate of drug-likeness (QED) is 0.599. The van der Waals surface area contributed by atoms with E-state index in [1.165, 1.54) is 0 Å². The summed E-state index contributed by atoms with van der Waals surface area (Å²) in [5.41, 5.74) is -0.00524. The van der Waals surface area contributed by atoms with Crippen molar-refractivity contribution < 1.29 is 4.79 Å². The van der Waals surface area contributed by atoms with Crippen molar-refractivity contribution in [3.8, 4) is 0 Å². The highest BCUT2D eigenvalue weighted by Gasteiger charge is 2.19. The largest absolute Gasteiger partial charge is 0.356 e. The van der Waals surface area contributed by atoms with Crippen LogP contribution in [0.4, 0.5) is 0 Å². The van der Waals surface area contributed by atoms with Gasteiger partial charge in [-0.3, -0.25) is 19.1 Å². The first-order valence-electron chi connectivity index (χ1n) is 10.7. The van der Waals surface area contributed by atoms with Crippen LogP contribution in [0.5, 0.6) is 0 Å². The molecule has 0 atom stereocenters. The molecule has 8 nitrogen and oxygen atoms in total. The number of aromatic amines is 1. The number of aromatic nitrogens is 4. The number of aryl methyl sites for hydroxylation is 2. The fourth-order valence-corrected chi connectivity index (χ4v) is 3.31. The molecule has 0 radical (unpaired) electrons. The van der Waals surface area contributed by atoms with Crippen LogP contribution in [0.15, 0.2) is 9.59 Å². The Kier molecular flexibility index (Phi) is 8.22. The highest BCUT2D eigenvalue weighted by atomic mass is 16.2. The van der Waals surface area contributed by atoms with Gasteiger partial charge >= 0.3 is 5.69 Å². The van der Waals surface area contributed by atoms with Gasteiger partial charge in [-0.05, 0) is 24.7 Å². The molecule has 0 spiro atoms. The van der Waals surface area contributed by atoms with E-state index in [4.69, 9.17) is 0 Å². The van der Waals surface area contributed by atoms with E-state index in [-0.39, 0.29) is 5.91 Å². The standard InChI is InChI=1S/C21H35N5O3/c1-6-7-12-25-19-18(20(28)24-21(25)29)26(13-15(4)5)16(23-19)8-9-17(27)22-11-10-14(2)3/h14-15H,6-13H2,1-5H3,(H,22,27)(H,24,28,29). The van der Waals surface area contributed by atoms with Gasteiger partial charge in [-0.25, -0.2) is 9.78 Å². The molecule has 0 aliphatic heterocycles. The first-order valence-corrected chi connectivity index (χ1v) is 10.7. The SMILES string of the molecule is CCCCn1c(=O)[nH]c(=O)c2c1nc(CCC(=O)NCCC(C)C)n2CC(C)C. The Bertz CT molecular complexity index is 936. The molecule has 0 aliphatic rings. The third-order valence-corrected chi connectivity index (χ3v) is 4.87. The molecular formula is C21H35N5O3. The molecule has 2 N–H and O–H groups in total. The van der Waals surface area contributed by atoms with Crippen LogP contribution in [0.25, 0.3) is 11.2 Å². The second kappa shape index (κ2) is 10.4. The van der Waals surface area contributed by atoms with Crippen molar-refractivity contribution in [2.75, 3.05) is 6.54 Å². The summed E-state index contributed by atoms with van der Waals surface area (Å²) in [6.07, 6.45) is 3.43. The highest BCUT2D eigenvalue weighted by molar-refractivity contribution is 5.76. The summed E-state index contributed by atoms with van der Waals surface area (Å²) in [5, 5.41) is 2.94. The smallest absolute Gasteiger partial charge is 0.330 e. The van der Waals surface area contributed by atoms with E-state index in [9.17, 15) is 14.4 Å². The first-order chi connectivity index (χ1) is 13.7. The van der Waals surface area contributed by atoms with Gasteiger partial charge in [0.2, 0.25) is 5.91 Å². The predicted octanol–water partition coefficient (Wildman–Crippen LogP) is 2.44. The van der Waals surface area contributed by atoms with E-state index in [0.717, 1.165) is 19.3 Å². The second-order valence-corrected chi connectivity index (χ2v) is 8.50. The summed E-state index contributed by atoms with van der Waals surface area (Å²) in [7, 11) is 0. The average molecular weight is 406 g/mol. The number of amides is 1. The van der Waals surface area contributed by atoms with E-state index in [1.807, 2.05) is 4.57 Å². The molecule has 0 saturated heterocycles. The molecule has 2 heterocycles. The summed E-state index contributed by atoms with van der Waals surface area (Å²) in [6.45, 7) is 12.2. The lowest BCUT2D eigenvalue weighted by molar-refractivity contribution is -0.121. The average Bonchev–Trinajstić information content (AvgIpc) is 2.97. The molecule has 2 aromatic rings. The Labute approximate surface area is 171 Å². The van der Waals surface area contributed by atoms with Crippen molar-refractivity contribution >= 4 is 17.1 Å². The van der Waals surface area contributed by atoms with Gasteiger partial charge in [0, 0.05) is 32.5 Å². The summed E-state index contributed by atoms with van der Waals surface area (Å²) in [6, 6.07) is 0. The maximum absolute atomic E-state index is 12.6. The number of hydrogen-bond donors (Lipinski definition) is 2. The summed E-state index contributed by atoms with van der Waals surface area (Å²) < 4.78 is 3.42. The maximum Gasteiger partial charge on any atom is 0.330 e. The zero-order valence-electron chi connectivity index (χ0n) is 18.4. The molecular weight excluding hydrogens is 370 g/mol. The van der Waals surface area contributed by atoms with Crippen molar-refractivity contribution in [2.45, 2.75) is 79.8 Å². The number of imidazole rings is 1. The summed E-state index contributed by atoms with van der Waals surface area (Å²) in [4.78, 5) is 44.2. The van der Waals surface area contributed by atoms with Crippen molar-refractivity contribution in [1.82, 2.24) is 24.4 Å². The number of carbonyl (C=O) groups excluding carboxylic acids is 1. The van der Waals surface area contributed by atoms with E-state index in [0.29, 0.717) is 61.3 Å². The van der Waals surface area contributed by atoms with Gasteiger partial charge in [-0.15, -0.1) is 0 Å². The predicted molar refractivity (Wildman–Crippen MR) is 115 cm³/mol. The number of H-pyrrole nitrogens is 1. The molecule has 0 unspecified atom stereocenters. The van der Waals surface area contributed by atoms with Crippen LogP contribution in [0.1, 0.15) is 66.1 Å². The van der Waals surface area contributed by atoms with Gasteiger partial charge in [-0.1, -0.05) is 41.0 Å². The van der Waals surface area contributed by atoms with Gasteiger partial charge in [0.1, 0.15) is 5.82 Å². The van der Waals surface area contributed by atoms with Crippen LogP contribution >= 0.6 is 0 Å². The van der Waals surface area contributed by atoms with Crippen molar-refractivity contribution in [3.05, 3.63) is 26.7 Å². The molecule has 0 saturated carbocycles. The molecule has 8 heteroatoms. The molecule has 29 heavy (non-hydrogen) atoms. The minimum atomic E-state index is -0.428. The third-order valence-electron chi connectivity index (χ3n) is 4.87. The molecule has 2 aromatic heterocycles. The fourth-order valence-electron chi connectivity index (χ4n) is 3.31. The van der Waals surface area contributed by atoms with E-state index < -0.39 is 11.2 Å². The van der Waals surface area contributed by atoms with Crippen LogP contribution < -0.4 is 16.6 Å². The van der Waals surface area contributed by atoms with Crippen LogP contribution in [-0.4, -0.2) is 31.6 Å². The molecule has 0 bridgehead atoms. The summed E-state index contributed by atoms with van der Waals surface area (Å²) in [5.74, 6) is 1.48. The van der Waals surface area contributed by atoms with E-state index >= 15 is 0 Å². The van der Waals surface area contributed by atoms with Gasteiger partial charge in [0.15, 0.2) is 11.2 Å². The lowest BCUT2D eigenvalue weighted by Crippen LogP contribution is -2.31. The number of nitrogens with zero attached hydrogens (tertiary/aromatic N) is 3. The second-order valence-electron chi connectivity index (χ2n) is 8.50. The molecule has 1 amide bonds. The van der Waals surface area contributed by atoms with Gasteiger partial charge < -0.3 is 9.88 Å². The van der Waals surface area contributed by atoms with Gasteiger partial charge in [0.05, 0.1) is 0 Å². The van der Waals surface area contributed by atoms with Crippen LogP contribution in [0, 0.1) is 11.8 Å². The minimum absolute atomic E-state index is 0.0221. The zero-order chi connectivity index (χ0) is 21.6. The molecule has 0 fully saturated rings. The lowest BCUT2D eigenvalue weighted by Gasteiger charge is -2.12. The topological polar surface area (TPSA) is 102 Å². The lowest BCUT2D eigenvalue weighted by atomic mass is 10.1. The maximum atomic E-state index is 12.6. The number of rotatable bonds is 11. The third kappa shape index (κ3) is 6.05. The van der Waals surface area contributed by atoms with Crippen molar-refractivity contribution in [3.63, 3.8) is 0 Å². The molecule has 162 valence electrons. The van der Waals surface area contributed by atoms with Gasteiger partial charge in [-0.2, -0.15) is 0 Å².